The van der Waals surface area contributed by atoms with Crippen molar-refractivity contribution in [2.45, 2.75) is 19.3 Å². The van der Waals surface area contributed by atoms with Crippen molar-refractivity contribution in [1.82, 2.24) is 24.1 Å². The van der Waals surface area contributed by atoms with E-state index in [0.29, 0.717) is 5.82 Å². The molecule has 0 N–H and O–H groups in total. The molecule has 0 bridgehead atoms. The van der Waals surface area contributed by atoms with Crippen LogP contribution in [-0.4, -0.2) is 24.1 Å². The Labute approximate surface area is 313 Å². The molecule has 0 amide bonds. The van der Waals surface area contributed by atoms with Gasteiger partial charge in [0.05, 0.1) is 28.9 Å². The first-order chi connectivity index (χ1) is 28.1. The van der Waals surface area contributed by atoms with Gasteiger partial charge in [0.25, 0.3) is 0 Å². The molecule has 5 heteroatoms. The number of fused-ring (bicyclic) bond motifs is 10. The van der Waals surface area contributed by atoms with Gasteiger partial charge in [0, 0.05) is 43.8 Å². The number of benzene rings is 7. The molecular weight excluding hydrogens is 647 g/mol. The lowest BCUT2D eigenvalue weighted by Crippen LogP contribution is -2.14. The van der Waals surface area contributed by atoms with Gasteiger partial charge in [-0.15, -0.1) is 0 Å². The SMILES string of the molecule is [2H]c1c([2H])c([2H])c(-c2nc(-c3ccc4c(c3)-c3ccccc3C4(C)C)nc(-n3c4ccccc4c4c3ccc3c5ccccc5n(-c5ccccc5)c34)n2)c([2H])c1[2H]. The third kappa shape index (κ3) is 4.28. The van der Waals surface area contributed by atoms with E-state index in [-0.39, 0.29) is 34.8 Å². The molecule has 0 saturated heterocycles. The third-order valence-corrected chi connectivity index (χ3v) is 10.9. The van der Waals surface area contributed by atoms with Crippen LogP contribution in [0.1, 0.15) is 31.8 Å². The van der Waals surface area contributed by atoms with Gasteiger partial charge in [0.15, 0.2) is 11.6 Å². The number of para-hydroxylation sites is 3. The second-order valence-corrected chi connectivity index (χ2v) is 14.1. The minimum absolute atomic E-state index is 0.0105. The summed E-state index contributed by atoms with van der Waals surface area (Å²) in [7, 11) is 0. The first-order valence-corrected chi connectivity index (χ1v) is 17.7. The summed E-state index contributed by atoms with van der Waals surface area (Å²) in [6.45, 7) is 4.46. The summed E-state index contributed by atoms with van der Waals surface area (Å²) in [6.07, 6.45) is 0. The van der Waals surface area contributed by atoms with Crippen LogP contribution in [0.5, 0.6) is 0 Å². The maximum absolute atomic E-state index is 8.95. The average molecular weight is 685 g/mol. The minimum atomic E-state index is -0.478. The van der Waals surface area contributed by atoms with Crippen molar-refractivity contribution < 1.29 is 6.85 Å². The van der Waals surface area contributed by atoms with E-state index in [4.69, 9.17) is 21.8 Å². The van der Waals surface area contributed by atoms with Crippen molar-refractivity contribution in [3.05, 3.63) is 175 Å². The molecule has 0 aliphatic heterocycles. The van der Waals surface area contributed by atoms with Crippen molar-refractivity contribution in [2.75, 3.05) is 0 Å². The van der Waals surface area contributed by atoms with E-state index >= 15 is 0 Å². The number of aromatic nitrogens is 5. The van der Waals surface area contributed by atoms with E-state index in [2.05, 4.69) is 103 Å². The molecule has 1 aliphatic carbocycles. The Bertz CT molecular complexity index is 3360. The summed E-state index contributed by atoms with van der Waals surface area (Å²) >= 11 is 0. The van der Waals surface area contributed by atoms with E-state index in [0.717, 1.165) is 66.0 Å². The van der Waals surface area contributed by atoms with Gasteiger partial charge in [-0.2, -0.15) is 9.97 Å². The highest BCUT2D eigenvalue weighted by Gasteiger charge is 2.35. The molecule has 0 unspecified atom stereocenters. The van der Waals surface area contributed by atoms with Crippen molar-refractivity contribution in [3.8, 4) is 45.5 Å². The Kier molecular flexibility index (Phi) is 5.26. The van der Waals surface area contributed by atoms with Gasteiger partial charge in [-0.1, -0.05) is 141 Å². The summed E-state index contributed by atoms with van der Waals surface area (Å²) in [5, 5.41) is 4.24. The smallest absolute Gasteiger partial charge is 0.238 e. The van der Waals surface area contributed by atoms with Gasteiger partial charge in [-0.25, -0.2) is 4.98 Å². The molecule has 0 fully saturated rings. The summed E-state index contributed by atoms with van der Waals surface area (Å²) in [5.41, 5.74) is 9.94. The second-order valence-electron chi connectivity index (χ2n) is 14.1. The Hall–Kier alpha value is -6.85. The van der Waals surface area contributed by atoms with Crippen LogP contribution in [0.3, 0.4) is 0 Å². The quantitative estimate of drug-likeness (QED) is 0.185. The normalized spacial score (nSPS) is 14.6. The van der Waals surface area contributed by atoms with Crippen LogP contribution < -0.4 is 0 Å². The number of hydrogen-bond acceptors (Lipinski definition) is 3. The van der Waals surface area contributed by atoms with Crippen molar-refractivity contribution >= 4 is 43.6 Å². The Balaban J connectivity index is 1.25. The number of nitrogens with zero attached hydrogens (tertiary/aromatic N) is 5. The fourth-order valence-electron chi connectivity index (χ4n) is 8.50. The topological polar surface area (TPSA) is 48.5 Å². The monoisotopic (exact) mass is 684 g/mol. The van der Waals surface area contributed by atoms with Crippen LogP contribution in [0.4, 0.5) is 0 Å². The van der Waals surface area contributed by atoms with Crippen LogP contribution in [0.15, 0.2) is 164 Å². The van der Waals surface area contributed by atoms with Gasteiger partial charge in [-0.3, -0.25) is 4.57 Å². The third-order valence-electron chi connectivity index (χ3n) is 10.9. The molecule has 5 nitrogen and oxygen atoms in total. The molecular formula is C48H33N5. The fraction of sp³-hybridized carbons (Fsp3) is 0.0625. The summed E-state index contributed by atoms with van der Waals surface area (Å²) in [5.74, 6) is 0.576. The van der Waals surface area contributed by atoms with E-state index in [1.54, 1.807) is 0 Å². The zero-order chi connectivity index (χ0) is 39.6. The van der Waals surface area contributed by atoms with Gasteiger partial charge in [-0.05, 0) is 58.7 Å². The molecule has 3 heterocycles. The van der Waals surface area contributed by atoms with Gasteiger partial charge in [0.2, 0.25) is 5.95 Å². The van der Waals surface area contributed by atoms with E-state index < -0.39 is 18.1 Å². The summed E-state index contributed by atoms with van der Waals surface area (Å²) in [4.78, 5) is 15.1. The van der Waals surface area contributed by atoms with Crippen LogP contribution >= 0.6 is 0 Å². The molecule has 0 atom stereocenters. The van der Waals surface area contributed by atoms with Crippen molar-refractivity contribution in [1.29, 1.82) is 0 Å². The lowest BCUT2D eigenvalue weighted by Gasteiger charge is -2.21. The largest absolute Gasteiger partial charge is 0.309 e. The molecule has 11 rings (SSSR count). The first kappa shape index (κ1) is 25.2. The molecule has 53 heavy (non-hydrogen) atoms. The molecule has 0 saturated carbocycles. The van der Waals surface area contributed by atoms with E-state index in [9.17, 15) is 0 Å². The Morgan fingerprint density at radius 1 is 0.509 bits per heavy atom. The highest BCUT2D eigenvalue weighted by Crippen LogP contribution is 2.49. The molecule has 0 radical (unpaired) electrons. The highest BCUT2D eigenvalue weighted by molar-refractivity contribution is 6.26. The number of rotatable bonds is 4. The Morgan fingerprint density at radius 2 is 1.17 bits per heavy atom. The predicted octanol–water partition coefficient (Wildman–Crippen LogP) is 11.7. The van der Waals surface area contributed by atoms with Gasteiger partial charge < -0.3 is 4.57 Å². The highest BCUT2D eigenvalue weighted by atomic mass is 15.2. The lowest BCUT2D eigenvalue weighted by atomic mass is 9.82. The predicted molar refractivity (Wildman–Crippen MR) is 217 cm³/mol. The summed E-state index contributed by atoms with van der Waals surface area (Å²) in [6, 6.07) is 43.7. The van der Waals surface area contributed by atoms with Crippen LogP contribution in [0.2, 0.25) is 0 Å². The molecule has 250 valence electrons. The molecule has 10 aromatic rings. The lowest BCUT2D eigenvalue weighted by molar-refractivity contribution is 0.660. The first-order valence-electron chi connectivity index (χ1n) is 20.2. The Morgan fingerprint density at radius 3 is 1.98 bits per heavy atom. The van der Waals surface area contributed by atoms with E-state index in [1.165, 1.54) is 11.1 Å². The number of hydrogen-bond donors (Lipinski definition) is 0. The summed E-state index contributed by atoms with van der Waals surface area (Å²) < 4.78 is 47.6. The van der Waals surface area contributed by atoms with Gasteiger partial charge in [0.1, 0.15) is 0 Å². The van der Waals surface area contributed by atoms with Crippen LogP contribution in [0, 0.1) is 0 Å². The fourth-order valence-corrected chi connectivity index (χ4v) is 8.50. The molecule has 3 aromatic heterocycles. The molecule has 1 aliphatic rings. The van der Waals surface area contributed by atoms with Crippen LogP contribution in [0.25, 0.3) is 89.2 Å². The molecule has 0 spiro atoms. The van der Waals surface area contributed by atoms with Crippen molar-refractivity contribution in [3.63, 3.8) is 0 Å². The second kappa shape index (κ2) is 11.1. The minimum Gasteiger partial charge on any atom is -0.309 e. The zero-order valence-corrected chi connectivity index (χ0v) is 28.9. The van der Waals surface area contributed by atoms with E-state index in [1.807, 2.05) is 53.1 Å². The van der Waals surface area contributed by atoms with Crippen molar-refractivity contribution in [2.24, 2.45) is 0 Å². The standard InChI is InChI=1S/C48H33N5/c1-48(2)38-22-12-9-19-33(38)37-29-31(25-27-39(37)48)46-49-45(30-15-5-3-6-16-30)50-47(51-46)53-41-24-14-11-21-36(41)43-42(53)28-26-35-34-20-10-13-23-40(34)52(44(35)43)32-17-7-4-8-18-32/h3-29H,1-2H3/i3D,5D,6D,15D,16D. The van der Waals surface area contributed by atoms with Gasteiger partial charge >= 0.3 is 0 Å². The van der Waals surface area contributed by atoms with Crippen LogP contribution in [-0.2, 0) is 5.41 Å². The molecule has 7 aromatic carbocycles. The zero-order valence-electron chi connectivity index (χ0n) is 33.9. The average Bonchev–Trinajstić information content (AvgIpc) is 3.85. The maximum Gasteiger partial charge on any atom is 0.238 e. The maximum atomic E-state index is 8.95.